The lowest BCUT2D eigenvalue weighted by Gasteiger charge is -2.17. The van der Waals surface area contributed by atoms with Gasteiger partial charge in [0, 0.05) is 5.02 Å². The smallest absolute Gasteiger partial charge is 0.387 e. The summed E-state index contributed by atoms with van der Waals surface area (Å²) < 4.78 is 34.6. The van der Waals surface area contributed by atoms with Gasteiger partial charge in [-0.05, 0) is 37.3 Å². The second-order valence-corrected chi connectivity index (χ2v) is 5.54. The van der Waals surface area contributed by atoms with E-state index in [1.807, 2.05) is 0 Å². The first kappa shape index (κ1) is 18.3. The zero-order chi connectivity index (χ0) is 17.7. The van der Waals surface area contributed by atoms with Crippen molar-refractivity contribution in [1.82, 2.24) is 0 Å². The van der Waals surface area contributed by atoms with Crippen molar-refractivity contribution >= 4 is 34.8 Å². The lowest BCUT2D eigenvalue weighted by molar-refractivity contribution is -0.122. The van der Waals surface area contributed by atoms with Gasteiger partial charge in [-0.15, -0.1) is 0 Å². The van der Waals surface area contributed by atoms with Crippen LogP contribution in [0.4, 0.5) is 14.5 Å². The second-order valence-electron chi connectivity index (χ2n) is 4.70. The van der Waals surface area contributed by atoms with Crippen molar-refractivity contribution in [3.8, 4) is 11.5 Å². The molecule has 0 fully saturated rings. The van der Waals surface area contributed by atoms with Crippen LogP contribution >= 0.6 is 23.2 Å². The highest BCUT2D eigenvalue weighted by Gasteiger charge is 2.19. The number of alkyl halides is 2. The van der Waals surface area contributed by atoms with Gasteiger partial charge in [-0.25, -0.2) is 0 Å². The van der Waals surface area contributed by atoms with E-state index in [1.54, 1.807) is 12.1 Å². The summed E-state index contributed by atoms with van der Waals surface area (Å²) in [4.78, 5) is 12.2. The van der Waals surface area contributed by atoms with Crippen molar-refractivity contribution in [3.63, 3.8) is 0 Å². The first-order valence-corrected chi connectivity index (χ1v) is 7.59. The Bertz CT molecular complexity index is 728. The number of hydrogen-bond donors (Lipinski definition) is 1. The number of ether oxygens (including phenoxy) is 2. The molecule has 0 spiro atoms. The Kier molecular flexibility index (Phi) is 6.23. The van der Waals surface area contributed by atoms with Crippen LogP contribution < -0.4 is 14.8 Å². The van der Waals surface area contributed by atoms with E-state index < -0.39 is 18.6 Å². The maximum atomic E-state index is 12.4. The molecule has 128 valence electrons. The summed E-state index contributed by atoms with van der Waals surface area (Å²) in [5.74, 6) is -0.412. The van der Waals surface area contributed by atoms with Crippen LogP contribution in [0.3, 0.4) is 0 Å². The molecule has 0 saturated carbocycles. The molecule has 0 aliphatic rings. The number of nitrogens with one attached hydrogen (secondary N) is 1. The monoisotopic (exact) mass is 375 g/mol. The molecular weight excluding hydrogens is 363 g/mol. The lowest BCUT2D eigenvalue weighted by Crippen LogP contribution is -2.30. The van der Waals surface area contributed by atoms with Crippen LogP contribution in [0, 0.1) is 0 Å². The van der Waals surface area contributed by atoms with Gasteiger partial charge in [0.05, 0.1) is 10.7 Å². The van der Waals surface area contributed by atoms with E-state index in [0.29, 0.717) is 5.02 Å². The molecule has 0 unspecified atom stereocenters. The van der Waals surface area contributed by atoms with E-state index in [9.17, 15) is 13.6 Å². The van der Waals surface area contributed by atoms with Crippen LogP contribution in [-0.2, 0) is 4.79 Å². The van der Waals surface area contributed by atoms with Gasteiger partial charge in [0.1, 0.15) is 11.5 Å². The average molecular weight is 376 g/mol. The third-order valence-electron chi connectivity index (χ3n) is 2.93. The Morgan fingerprint density at radius 1 is 1.08 bits per heavy atom. The maximum Gasteiger partial charge on any atom is 0.387 e. The predicted molar refractivity (Wildman–Crippen MR) is 88.3 cm³/mol. The van der Waals surface area contributed by atoms with Crippen molar-refractivity contribution in [2.75, 3.05) is 5.32 Å². The van der Waals surface area contributed by atoms with Crippen molar-refractivity contribution in [1.29, 1.82) is 0 Å². The SMILES string of the molecule is C[C@@H](Oc1ccc(Cl)cc1Cl)C(=O)Nc1ccccc1OC(F)F. The van der Waals surface area contributed by atoms with Gasteiger partial charge >= 0.3 is 6.61 Å². The van der Waals surface area contributed by atoms with Crippen LogP contribution in [0.15, 0.2) is 42.5 Å². The highest BCUT2D eigenvalue weighted by Crippen LogP contribution is 2.29. The molecule has 0 radical (unpaired) electrons. The number of benzene rings is 2. The van der Waals surface area contributed by atoms with Crippen molar-refractivity contribution < 1.29 is 23.0 Å². The van der Waals surface area contributed by atoms with Gasteiger partial charge in [-0.1, -0.05) is 35.3 Å². The Morgan fingerprint density at radius 3 is 2.46 bits per heavy atom. The van der Waals surface area contributed by atoms with Crippen molar-refractivity contribution in [3.05, 3.63) is 52.5 Å². The van der Waals surface area contributed by atoms with E-state index in [0.717, 1.165) is 0 Å². The zero-order valence-corrected chi connectivity index (χ0v) is 13.9. The highest BCUT2D eigenvalue weighted by molar-refractivity contribution is 6.35. The topological polar surface area (TPSA) is 47.6 Å². The fourth-order valence-corrected chi connectivity index (χ4v) is 2.27. The molecule has 1 atom stereocenters. The molecule has 2 rings (SSSR count). The third kappa shape index (κ3) is 4.97. The largest absolute Gasteiger partial charge is 0.479 e. The van der Waals surface area contributed by atoms with Crippen LogP contribution in [0.1, 0.15) is 6.92 Å². The number of amides is 1. The molecule has 4 nitrogen and oxygen atoms in total. The average Bonchev–Trinajstić information content (AvgIpc) is 2.51. The van der Waals surface area contributed by atoms with Crippen molar-refractivity contribution in [2.24, 2.45) is 0 Å². The fourth-order valence-electron chi connectivity index (χ4n) is 1.82. The van der Waals surface area contributed by atoms with E-state index in [4.69, 9.17) is 27.9 Å². The summed E-state index contributed by atoms with van der Waals surface area (Å²) in [7, 11) is 0. The number of para-hydroxylation sites is 2. The fraction of sp³-hybridized carbons (Fsp3) is 0.188. The Labute approximate surface area is 147 Å². The number of anilines is 1. The van der Waals surface area contributed by atoms with E-state index in [1.165, 1.54) is 37.3 Å². The maximum absolute atomic E-state index is 12.4. The molecule has 1 amide bonds. The minimum Gasteiger partial charge on any atom is -0.479 e. The van der Waals surface area contributed by atoms with E-state index in [-0.39, 0.29) is 22.2 Å². The molecule has 2 aromatic rings. The van der Waals surface area contributed by atoms with Crippen LogP contribution in [0.25, 0.3) is 0 Å². The molecule has 1 N–H and O–H groups in total. The summed E-state index contributed by atoms with van der Waals surface area (Å²) in [5, 5.41) is 3.16. The first-order valence-electron chi connectivity index (χ1n) is 6.83. The van der Waals surface area contributed by atoms with Crippen LogP contribution in [-0.4, -0.2) is 18.6 Å². The van der Waals surface area contributed by atoms with Crippen LogP contribution in [0.5, 0.6) is 11.5 Å². The minimum atomic E-state index is -3.00. The second kappa shape index (κ2) is 8.17. The van der Waals surface area contributed by atoms with E-state index >= 15 is 0 Å². The Morgan fingerprint density at radius 2 is 1.79 bits per heavy atom. The molecule has 0 aliphatic carbocycles. The normalized spacial score (nSPS) is 11.9. The first-order chi connectivity index (χ1) is 11.4. The number of rotatable bonds is 6. The van der Waals surface area contributed by atoms with Gasteiger partial charge in [0.25, 0.3) is 5.91 Å². The van der Waals surface area contributed by atoms with Gasteiger partial charge < -0.3 is 14.8 Å². The quantitative estimate of drug-likeness (QED) is 0.772. The Balaban J connectivity index is 2.06. The molecular formula is C16H13Cl2F2NO3. The number of carbonyl (C=O) groups excluding carboxylic acids is 1. The lowest BCUT2D eigenvalue weighted by atomic mass is 10.2. The predicted octanol–water partition coefficient (Wildman–Crippen LogP) is 5.00. The summed E-state index contributed by atoms with van der Waals surface area (Å²) in [5.41, 5.74) is 0.112. The van der Waals surface area contributed by atoms with Gasteiger partial charge in [-0.3, -0.25) is 4.79 Å². The number of carbonyl (C=O) groups is 1. The van der Waals surface area contributed by atoms with E-state index in [2.05, 4.69) is 10.1 Å². The zero-order valence-electron chi connectivity index (χ0n) is 12.4. The van der Waals surface area contributed by atoms with Gasteiger partial charge in [0.15, 0.2) is 6.10 Å². The molecule has 0 saturated heterocycles. The minimum absolute atomic E-state index is 0.112. The summed E-state index contributed by atoms with van der Waals surface area (Å²) >= 11 is 11.8. The molecule has 0 heterocycles. The summed E-state index contributed by atoms with van der Waals surface area (Å²) in [6.07, 6.45) is -0.928. The number of halogens is 4. The number of hydrogen-bond acceptors (Lipinski definition) is 3. The highest BCUT2D eigenvalue weighted by atomic mass is 35.5. The summed E-state index contributed by atoms with van der Waals surface area (Å²) in [6, 6.07) is 10.4. The van der Waals surface area contributed by atoms with Crippen molar-refractivity contribution in [2.45, 2.75) is 19.6 Å². The third-order valence-corrected chi connectivity index (χ3v) is 3.46. The standard InChI is InChI=1S/C16H13Cl2F2NO3/c1-9(23-13-7-6-10(17)8-11(13)18)15(22)21-12-4-2-3-5-14(12)24-16(19)20/h2-9,16H,1H3,(H,21,22)/t9-/m1/s1. The van der Waals surface area contributed by atoms with Crippen LogP contribution in [0.2, 0.25) is 10.0 Å². The molecule has 0 aliphatic heterocycles. The molecule has 24 heavy (non-hydrogen) atoms. The molecule has 2 aromatic carbocycles. The Hall–Kier alpha value is -2.05. The summed E-state index contributed by atoms with van der Waals surface area (Å²) in [6.45, 7) is -1.50. The van der Waals surface area contributed by atoms with Gasteiger partial charge in [-0.2, -0.15) is 8.78 Å². The molecule has 8 heteroatoms. The molecule has 0 bridgehead atoms. The molecule has 0 aromatic heterocycles. The van der Waals surface area contributed by atoms with Gasteiger partial charge in [0.2, 0.25) is 0 Å².